The Morgan fingerprint density at radius 3 is 2.20 bits per heavy atom. The molecule has 1 fully saturated rings. The van der Waals surface area contributed by atoms with Gasteiger partial charge in [0.2, 0.25) is 0 Å². The number of hydrogen-bond acceptors (Lipinski definition) is 2. The first-order valence-electron chi connectivity index (χ1n) is 5.61. The SMILES string of the molecule is COc1ccc(C2CCC(S)CC2)cc1. The van der Waals surface area contributed by atoms with Crippen molar-refractivity contribution in [2.24, 2.45) is 0 Å². The highest BCUT2D eigenvalue weighted by Gasteiger charge is 2.19. The van der Waals surface area contributed by atoms with Gasteiger partial charge in [-0.05, 0) is 49.3 Å². The molecule has 1 aliphatic rings. The number of ether oxygens (including phenoxy) is 1. The first-order chi connectivity index (χ1) is 7.29. The van der Waals surface area contributed by atoms with Crippen LogP contribution >= 0.6 is 12.6 Å². The van der Waals surface area contributed by atoms with E-state index in [2.05, 4.69) is 36.9 Å². The van der Waals surface area contributed by atoms with Crippen molar-refractivity contribution < 1.29 is 4.74 Å². The molecule has 1 aromatic rings. The fraction of sp³-hybridized carbons (Fsp3) is 0.538. The van der Waals surface area contributed by atoms with Crippen molar-refractivity contribution in [3.63, 3.8) is 0 Å². The summed E-state index contributed by atoms with van der Waals surface area (Å²) in [6.07, 6.45) is 5.06. The van der Waals surface area contributed by atoms with E-state index in [4.69, 9.17) is 4.74 Å². The van der Waals surface area contributed by atoms with Crippen LogP contribution in [0, 0.1) is 0 Å². The predicted octanol–water partition coefficient (Wildman–Crippen LogP) is 3.65. The van der Waals surface area contributed by atoms with Crippen LogP contribution in [0.1, 0.15) is 37.2 Å². The fourth-order valence-corrected chi connectivity index (χ4v) is 2.58. The molecule has 0 bridgehead atoms. The van der Waals surface area contributed by atoms with Crippen molar-refractivity contribution in [3.8, 4) is 5.75 Å². The molecule has 0 unspecified atom stereocenters. The molecule has 1 nitrogen and oxygen atoms in total. The van der Waals surface area contributed by atoms with Gasteiger partial charge in [-0.2, -0.15) is 12.6 Å². The van der Waals surface area contributed by atoms with Gasteiger partial charge in [0.25, 0.3) is 0 Å². The van der Waals surface area contributed by atoms with Gasteiger partial charge in [-0.15, -0.1) is 0 Å². The molecule has 0 aliphatic heterocycles. The van der Waals surface area contributed by atoms with E-state index in [1.165, 1.54) is 31.2 Å². The first kappa shape index (κ1) is 10.9. The Bertz CT molecular complexity index is 299. The molecule has 0 aromatic heterocycles. The maximum absolute atomic E-state index is 5.16. The van der Waals surface area contributed by atoms with Crippen LogP contribution in [-0.2, 0) is 0 Å². The van der Waals surface area contributed by atoms with Crippen molar-refractivity contribution in [2.75, 3.05) is 7.11 Å². The van der Waals surface area contributed by atoms with Crippen LogP contribution in [-0.4, -0.2) is 12.4 Å². The molecule has 0 heterocycles. The summed E-state index contributed by atoms with van der Waals surface area (Å²) < 4.78 is 5.16. The standard InChI is InChI=1S/C13H18OS/c1-14-12-6-2-10(3-7-12)11-4-8-13(15)9-5-11/h2-3,6-7,11,13,15H,4-5,8-9H2,1H3. The number of hydrogen-bond donors (Lipinski definition) is 1. The second kappa shape index (κ2) is 4.93. The largest absolute Gasteiger partial charge is 0.497 e. The molecule has 0 N–H and O–H groups in total. The average molecular weight is 222 g/mol. The Kier molecular flexibility index (Phi) is 3.57. The fourth-order valence-electron chi connectivity index (χ4n) is 2.29. The van der Waals surface area contributed by atoms with Crippen LogP contribution in [0.5, 0.6) is 5.75 Å². The summed E-state index contributed by atoms with van der Waals surface area (Å²) in [5.41, 5.74) is 1.45. The number of rotatable bonds is 2. The molecule has 2 heteroatoms. The summed E-state index contributed by atoms with van der Waals surface area (Å²) in [6.45, 7) is 0. The molecule has 15 heavy (non-hydrogen) atoms. The summed E-state index contributed by atoms with van der Waals surface area (Å²) in [5, 5.41) is 0.625. The van der Waals surface area contributed by atoms with Gasteiger partial charge in [0.15, 0.2) is 0 Å². The van der Waals surface area contributed by atoms with E-state index < -0.39 is 0 Å². The molecule has 2 rings (SSSR count). The van der Waals surface area contributed by atoms with Crippen molar-refractivity contribution >= 4 is 12.6 Å². The van der Waals surface area contributed by atoms with Gasteiger partial charge in [0.1, 0.15) is 5.75 Å². The molecule has 0 spiro atoms. The molecule has 0 saturated heterocycles. The highest BCUT2D eigenvalue weighted by atomic mass is 32.1. The van der Waals surface area contributed by atoms with Gasteiger partial charge in [-0.1, -0.05) is 12.1 Å². The molecule has 82 valence electrons. The van der Waals surface area contributed by atoms with Crippen molar-refractivity contribution in [1.82, 2.24) is 0 Å². The summed E-state index contributed by atoms with van der Waals surface area (Å²) in [6, 6.07) is 8.51. The third-order valence-corrected chi connectivity index (χ3v) is 3.80. The summed E-state index contributed by atoms with van der Waals surface area (Å²) in [7, 11) is 1.71. The molecular formula is C13H18OS. The maximum atomic E-state index is 5.16. The molecule has 0 amide bonds. The second-order valence-corrected chi connectivity index (χ2v) is 5.01. The van der Waals surface area contributed by atoms with Gasteiger partial charge in [-0.25, -0.2) is 0 Å². The Balaban J connectivity index is 2.03. The van der Waals surface area contributed by atoms with E-state index in [0.717, 1.165) is 11.7 Å². The van der Waals surface area contributed by atoms with E-state index in [1.54, 1.807) is 7.11 Å². The van der Waals surface area contributed by atoms with E-state index in [-0.39, 0.29) is 0 Å². The van der Waals surface area contributed by atoms with Gasteiger partial charge < -0.3 is 4.74 Å². The third-order valence-electron chi connectivity index (χ3n) is 3.28. The van der Waals surface area contributed by atoms with Gasteiger partial charge >= 0.3 is 0 Å². The molecule has 1 aromatic carbocycles. The zero-order valence-corrected chi connectivity index (χ0v) is 10.0. The zero-order valence-electron chi connectivity index (χ0n) is 9.15. The predicted molar refractivity (Wildman–Crippen MR) is 67.0 cm³/mol. The molecule has 1 saturated carbocycles. The Morgan fingerprint density at radius 2 is 1.67 bits per heavy atom. The lowest BCUT2D eigenvalue weighted by Gasteiger charge is -2.25. The lowest BCUT2D eigenvalue weighted by atomic mass is 9.84. The molecule has 0 atom stereocenters. The van der Waals surface area contributed by atoms with E-state index in [9.17, 15) is 0 Å². The van der Waals surface area contributed by atoms with E-state index in [1.807, 2.05) is 0 Å². The molecular weight excluding hydrogens is 204 g/mol. The lowest BCUT2D eigenvalue weighted by Crippen LogP contribution is -2.12. The van der Waals surface area contributed by atoms with Crippen LogP contribution in [0.3, 0.4) is 0 Å². The van der Waals surface area contributed by atoms with Gasteiger partial charge in [0.05, 0.1) is 7.11 Å². The quantitative estimate of drug-likeness (QED) is 0.751. The van der Waals surface area contributed by atoms with Crippen LogP contribution < -0.4 is 4.74 Å². The van der Waals surface area contributed by atoms with Crippen LogP contribution in [0.15, 0.2) is 24.3 Å². The average Bonchev–Trinajstić information content (AvgIpc) is 2.30. The summed E-state index contributed by atoms with van der Waals surface area (Å²) >= 11 is 4.53. The normalized spacial score (nSPS) is 26.3. The van der Waals surface area contributed by atoms with Crippen LogP contribution in [0.25, 0.3) is 0 Å². The van der Waals surface area contributed by atoms with Crippen LogP contribution in [0.2, 0.25) is 0 Å². The van der Waals surface area contributed by atoms with Crippen molar-refractivity contribution in [3.05, 3.63) is 29.8 Å². The number of methoxy groups -OCH3 is 1. The minimum Gasteiger partial charge on any atom is -0.497 e. The zero-order chi connectivity index (χ0) is 10.7. The number of benzene rings is 1. The highest BCUT2D eigenvalue weighted by Crippen LogP contribution is 2.35. The van der Waals surface area contributed by atoms with E-state index in [0.29, 0.717) is 5.25 Å². The first-order valence-corrected chi connectivity index (χ1v) is 6.13. The Labute approximate surface area is 97.2 Å². The molecule has 0 radical (unpaired) electrons. The minimum atomic E-state index is 0.625. The topological polar surface area (TPSA) is 9.23 Å². The maximum Gasteiger partial charge on any atom is 0.118 e. The van der Waals surface area contributed by atoms with Gasteiger partial charge in [0, 0.05) is 5.25 Å². The minimum absolute atomic E-state index is 0.625. The third kappa shape index (κ3) is 2.69. The highest BCUT2D eigenvalue weighted by molar-refractivity contribution is 7.80. The summed E-state index contributed by atoms with van der Waals surface area (Å²) in [5.74, 6) is 1.68. The molecule has 1 aliphatic carbocycles. The second-order valence-electron chi connectivity index (χ2n) is 4.28. The van der Waals surface area contributed by atoms with Crippen LogP contribution in [0.4, 0.5) is 0 Å². The van der Waals surface area contributed by atoms with Crippen molar-refractivity contribution in [1.29, 1.82) is 0 Å². The summed E-state index contributed by atoms with van der Waals surface area (Å²) in [4.78, 5) is 0. The number of thiol groups is 1. The van der Waals surface area contributed by atoms with E-state index >= 15 is 0 Å². The monoisotopic (exact) mass is 222 g/mol. The Morgan fingerprint density at radius 1 is 1.07 bits per heavy atom. The van der Waals surface area contributed by atoms with Gasteiger partial charge in [-0.3, -0.25) is 0 Å². The lowest BCUT2D eigenvalue weighted by molar-refractivity contribution is 0.413. The smallest absolute Gasteiger partial charge is 0.118 e. The Hall–Kier alpha value is -0.630. The van der Waals surface area contributed by atoms with Crippen molar-refractivity contribution in [2.45, 2.75) is 36.9 Å².